The number of carbonyl (C=O) groups excluding carboxylic acids is 1. The van der Waals surface area contributed by atoms with Gasteiger partial charge in [-0.15, -0.1) is 0 Å². The monoisotopic (exact) mass is 356 g/mol. The lowest BCUT2D eigenvalue weighted by atomic mass is 9.82. The van der Waals surface area contributed by atoms with Crippen molar-refractivity contribution < 1.29 is 9.53 Å². The summed E-state index contributed by atoms with van der Waals surface area (Å²) in [5.41, 5.74) is 1.01. The van der Waals surface area contributed by atoms with E-state index in [9.17, 15) is 10.1 Å². The van der Waals surface area contributed by atoms with E-state index in [4.69, 9.17) is 4.74 Å². The van der Waals surface area contributed by atoms with Gasteiger partial charge >= 0.3 is 0 Å². The number of carbonyl (C=O) groups is 1. The zero-order chi connectivity index (χ0) is 17.7. The minimum Gasteiger partial charge on any atom is -0.381 e. The van der Waals surface area contributed by atoms with Crippen LogP contribution in [-0.4, -0.2) is 30.6 Å². The summed E-state index contributed by atoms with van der Waals surface area (Å²) in [5.74, 6) is -0.147. The number of anilines is 1. The first-order valence-electron chi connectivity index (χ1n) is 8.27. The minimum atomic E-state index is -0.523. The highest BCUT2D eigenvalue weighted by atomic mass is 32.1. The molecule has 2 aromatic rings. The fourth-order valence-corrected chi connectivity index (χ4v) is 3.76. The van der Waals surface area contributed by atoms with E-state index in [0.717, 1.165) is 17.2 Å². The topological polar surface area (TPSA) is 87.0 Å². The van der Waals surface area contributed by atoms with Crippen molar-refractivity contribution in [2.75, 3.05) is 25.1 Å². The molecule has 0 unspecified atom stereocenters. The molecule has 0 atom stereocenters. The van der Waals surface area contributed by atoms with Gasteiger partial charge in [0, 0.05) is 19.8 Å². The molecule has 1 aliphatic heterocycles. The van der Waals surface area contributed by atoms with E-state index in [1.807, 2.05) is 25.1 Å². The van der Waals surface area contributed by atoms with Gasteiger partial charge in [-0.25, -0.2) is 4.98 Å². The number of benzene rings is 1. The summed E-state index contributed by atoms with van der Waals surface area (Å²) in [7, 11) is 0. The Hall–Kier alpha value is -2.43. The molecule has 2 N–H and O–H groups in total. The van der Waals surface area contributed by atoms with Crippen LogP contribution in [-0.2, 0) is 10.3 Å². The van der Waals surface area contributed by atoms with E-state index in [-0.39, 0.29) is 5.91 Å². The maximum Gasteiger partial charge on any atom is 0.263 e. The van der Waals surface area contributed by atoms with Crippen LogP contribution >= 0.6 is 11.3 Å². The molecule has 25 heavy (non-hydrogen) atoms. The van der Waals surface area contributed by atoms with Gasteiger partial charge in [0.2, 0.25) is 0 Å². The fourth-order valence-electron chi connectivity index (χ4n) is 2.98. The van der Waals surface area contributed by atoms with E-state index in [1.54, 1.807) is 12.3 Å². The SMILES string of the molecule is CCNc1ncc(C(=O)NC2(c3cccc(C#N)c3)CCOCC2)s1. The van der Waals surface area contributed by atoms with Crippen molar-refractivity contribution in [1.29, 1.82) is 5.26 Å². The van der Waals surface area contributed by atoms with Crippen molar-refractivity contribution in [3.8, 4) is 6.07 Å². The summed E-state index contributed by atoms with van der Waals surface area (Å²) in [5, 5.41) is 16.2. The Balaban J connectivity index is 1.87. The maximum absolute atomic E-state index is 12.8. The van der Waals surface area contributed by atoms with Gasteiger partial charge in [0.05, 0.1) is 23.4 Å². The lowest BCUT2D eigenvalue weighted by Crippen LogP contribution is -2.49. The number of nitrogens with zero attached hydrogens (tertiary/aromatic N) is 2. The van der Waals surface area contributed by atoms with Gasteiger partial charge in [-0.05, 0) is 37.5 Å². The first kappa shape index (κ1) is 17.4. The molecular formula is C18H20N4O2S. The lowest BCUT2D eigenvalue weighted by Gasteiger charge is -2.38. The summed E-state index contributed by atoms with van der Waals surface area (Å²) in [4.78, 5) is 17.6. The van der Waals surface area contributed by atoms with Gasteiger partial charge in [-0.1, -0.05) is 23.5 Å². The molecule has 1 fully saturated rings. The molecule has 7 heteroatoms. The number of thiazole rings is 1. The highest BCUT2D eigenvalue weighted by molar-refractivity contribution is 7.17. The largest absolute Gasteiger partial charge is 0.381 e. The molecule has 2 heterocycles. The van der Waals surface area contributed by atoms with E-state index < -0.39 is 5.54 Å². The minimum absolute atomic E-state index is 0.147. The normalized spacial score (nSPS) is 16.0. The summed E-state index contributed by atoms with van der Waals surface area (Å²) in [6.45, 7) is 3.89. The predicted octanol–water partition coefficient (Wildman–Crippen LogP) is 2.88. The number of ether oxygens (including phenoxy) is 1. The van der Waals surface area contributed by atoms with Gasteiger partial charge in [0.1, 0.15) is 4.88 Å². The Kier molecular flexibility index (Phi) is 5.31. The van der Waals surface area contributed by atoms with Gasteiger partial charge in [0.15, 0.2) is 5.13 Å². The smallest absolute Gasteiger partial charge is 0.263 e. The molecule has 130 valence electrons. The van der Waals surface area contributed by atoms with E-state index in [2.05, 4.69) is 21.7 Å². The lowest BCUT2D eigenvalue weighted by molar-refractivity contribution is 0.0346. The number of nitrogens with one attached hydrogen (secondary N) is 2. The zero-order valence-corrected chi connectivity index (χ0v) is 14.9. The zero-order valence-electron chi connectivity index (χ0n) is 14.0. The van der Waals surface area contributed by atoms with Gasteiger partial charge < -0.3 is 15.4 Å². The number of amides is 1. The van der Waals surface area contributed by atoms with E-state index in [1.165, 1.54) is 11.3 Å². The highest BCUT2D eigenvalue weighted by Crippen LogP contribution is 2.33. The second-order valence-corrected chi connectivity index (χ2v) is 6.93. The Morgan fingerprint density at radius 1 is 1.44 bits per heavy atom. The van der Waals surface area contributed by atoms with Crippen molar-refractivity contribution >= 4 is 22.4 Å². The molecule has 0 aliphatic carbocycles. The van der Waals surface area contributed by atoms with Crippen molar-refractivity contribution in [3.63, 3.8) is 0 Å². The average Bonchev–Trinajstić information content (AvgIpc) is 3.12. The quantitative estimate of drug-likeness (QED) is 0.860. The molecule has 0 bridgehead atoms. The Morgan fingerprint density at radius 2 is 2.24 bits per heavy atom. The summed E-state index contributed by atoms with van der Waals surface area (Å²) in [6.07, 6.45) is 2.94. The van der Waals surface area contributed by atoms with Crippen molar-refractivity contribution in [1.82, 2.24) is 10.3 Å². The Labute approximate surface area is 150 Å². The molecule has 1 amide bonds. The molecule has 3 rings (SSSR count). The number of hydrogen-bond acceptors (Lipinski definition) is 6. The molecule has 1 aromatic heterocycles. The number of aromatic nitrogens is 1. The van der Waals surface area contributed by atoms with Crippen LogP contribution < -0.4 is 10.6 Å². The number of nitriles is 1. The molecule has 0 spiro atoms. The van der Waals surface area contributed by atoms with E-state index >= 15 is 0 Å². The highest BCUT2D eigenvalue weighted by Gasteiger charge is 2.36. The first-order chi connectivity index (χ1) is 12.2. The summed E-state index contributed by atoms with van der Waals surface area (Å²) >= 11 is 1.34. The summed E-state index contributed by atoms with van der Waals surface area (Å²) in [6, 6.07) is 9.60. The van der Waals surface area contributed by atoms with Crippen molar-refractivity contribution in [2.45, 2.75) is 25.3 Å². The van der Waals surface area contributed by atoms with Gasteiger partial charge in [-0.2, -0.15) is 5.26 Å². The fraction of sp³-hybridized carbons (Fsp3) is 0.389. The molecule has 0 saturated carbocycles. The number of rotatable bonds is 5. The van der Waals surface area contributed by atoms with Crippen LogP contribution in [0.15, 0.2) is 30.5 Å². The second kappa shape index (κ2) is 7.64. The predicted molar refractivity (Wildman–Crippen MR) is 96.6 cm³/mol. The first-order valence-corrected chi connectivity index (χ1v) is 9.09. The maximum atomic E-state index is 12.8. The Bertz CT molecular complexity index is 790. The van der Waals surface area contributed by atoms with Crippen molar-refractivity contribution in [2.24, 2.45) is 0 Å². The van der Waals surface area contributed by atoms with Gasteiger partial charge in [0.25, 0.3) is 5.91 Å². The van der Waals surface area contributed by atoms with Crippen LogP contribution in [0.4, 0.5) is 5.13 Å². The standard InChI is InChI=1S/C18H20N4O2S/c1-2-20-17-21-12-15(25-17)16(23)22-18(6-8-24-9-7-18)14-5-3-4-13(10-14)11-19/h3-5,10,12H,2,6-9H2,1H3,(H,20,21)(H,22,23). The van der Waals surface area contributed by atoms with Crippen LogP contribution in [0.5, 0.6) is 0 Å². The van der Waals surface area contributed by atoms with Crippen LogP contribution in [0.25, 0.3) is 0 Å². The van der Waals surface area contributed by atoms with Gasteiger partial charge in [-0.3, -0.25) is 4.79 Å². The molecule has 0 radical (unpaired) electrons. The van der Waals surface area contributed by atoms with Crippen molar-refractivity contribution in [3.05, 3.63) is 46.5 Å². The second-order valence-electron chi connectivity index (χ2n) is 5.90. The van der Waals surface area contributed by atoms with Crippen LogP contribution in [0.3, 0.4) is 0 Å². The Morgan fingerprint density at radius 3 is 2.96 bits per heavy atom. The third-order valence-corrected chi connectivity index (χ3v) is 5.25. The van der Waals surface area contributed by atoms with Crippen LogP contribution in [0.2, 0.25) is 0 Å². The molecule has 6 nitrogen and oxygen atoms in total. The molecular weight excluding hydrogens is 336 g/mol. The van der Waals surface area contributed by atoms with Crippen LogP contribution in [0.1, 0.15) is 40.6 Å². The number of hydrogen-bond donors (Lipinski definition) is 2. The van der Waals surface area contributed by atoms with Crippen LogP contribution in [0, 0.1) is 11.3 Å². The van der Waals surface area contributed by atoms with E-state index in [0.29, 0.717) is 36.5 Å². The average molecular weight is 356 g/mol. The molecule has 1 aromatic carbocycles. The summed E-state index contributed by atoms with van der Waals surface area (Å²) < 4.78 is 5.49. The third kappa shape index (κ3) is 3.81. The molecule has 1 aliphatic rings. The molecule has 1 saturated heterocycles. The third-order valence-electron chi connectivity index (χ3n) is 4.30.